The first-order valence-corrected chi connectivity index (χ1v) is 10.5. The van der Waals surface area contributed by atoms with Crippen molar-refractivity contribution in [2.24, 2.45) is 0 Å². The molecule has 3 aromatic rings. The Morgan fingerprint density at radius 3 is 1.29 bits per heavy atom. The van der Waals surface area contributed by atoms with E-state index in [-0.39, 0.29) is 0 Å². The van der Waals surface area contributed by atoms with Crippen LogP contribution in [-0.2, 0) is 4.79 Å². The Balaban J connectivity index is 2.35. The van der Waals surface area contributed by atoms with Crippen molar-refractivity contribution in [1.82, 2.24) is 0 Å². The van der Waals surface area contributed by atoms with Gasteiger partial charge >= 0.3 is 144 Å². The molecule has 0 spiro atoms. The van der Waals surface area contributed by atoms with E-state index in [1.54, 1.807) is 0 Å². The van der Waals surface area contributed by atoms with Crippen LogP contribution in [0.25, 0.3) is 0 Å². The predicted molar refractivity (Wildman–Crippen MR) is 106 cm³/mol. The molecule has 3 rings (SSSR count). The van der Waals surface area contributed by atoms with Crippen LogP contribution in [0.5, 0.6) is 0 Å². The van der Waals surface area contributed by atoms with Gasteiger partial charge in [-0.2, -0.15) is 0 Å². The third-order valence-electron chi connectivity index (χ3n) is 4.52. The molecule has 0 unspecified atom stereocenters. The fourth-order valence-electron chi connectivity index (χ4n) is 3.46. The summed E-state index contributed by atoms with van der Waals surface area (Å²) in [5, 5.41) is 3.50. The first-order valence-electron chi connectivity index (χ1n) is 8.50. The van der Waals surface area contributed by atoms with Crippen molar-refractivity contribution in [3.63, 3.8) is 0 Å². The van der Waals surface area contributed by atoms with Gasteiger partial charge in [-0.15, -0.1) is 0 Å². The zero-order chi connectivity index (χ0) is 16.8. The predicted octanol–water partition coefficient (Wildman–Crippen LogP) is 4.04. The van der Waals surface area contributed by atoms with Crippen molar-refractivity contribution in [2.45, 2.75) is 19.8 Å². The summed E-state index contributed by atoms with van der Waals surface area (Å²) in [5.41, 5.74) is 0.383. The van der Waals surface area contributed by atoms with Crippen LogP contribution >= 0.6 is 7.26 Å². The standard InChI is InChI=1S/C22H23OP/c1-2-12-22(23)24(19-13-6-3-7-14-19,20-15-8-4-9-16-20)21-17-10-5-11-18-21/h3-11,13-18,24H,2,12H2,1H3. The van der Waals surface area contributed by atoms with Crippen molar-refractivity contribution in [1.29, 1.82) is 0 Å². The average molecular weight is 334 g/mol. The molecule has 0 aliphatic rings. The van der Waals surface area contributed by atoms with Gasteiger partial charge in [0.05, 0.1) is 0 Å². The molecule has 122 valence electrons. The molecule has 0 amide bonds. The van der Waals surface area contributed by atoms with E-state index in [1.807, 2.05) is 54.6 Å². The summed E-state index contributed by atoms with van der Waals surface area (Å²) >= 11 is 0. The summed E-state index contributed by atoms with van der Waals surface area (Å²) in [6, 6.07) is 31.1. The summed E-state index contributed by atoms with van der Waals surface area (Å²) in [7, 11) is -2.69. The number of rotatable bonds is 6. The summed E-state index contributed by atoms with van der Waals surface area (Å²) in [4.78, 5) is 13.5. The molecule has 0 fully saturated rings. The van der Waals surface area contributed by atoms with Crippen LogP contribution in [0.3, 0.4) is 0 Å². The second kappa shape index (κ2) is 7.55. The minimum absolute atomic E-state index is 0.383. The molecule has 0 atom stereocenters. The van der Waals surface area contributed by atoms with Crippen molar-refractivity contribution in [3.05, 3.63) is 91.0 Å². The van der Waals surface area contributed by atoms with Crippen molar-refractivity contribution in [3.8, 4) is 0 Å². The molecule has 0 bridgehead atoms. The Morgan fingerprint density at radius 2 is 1.00 bits per heavy atom. The van der Waals surface area contributed by atoms with Gasteiger partial charge in [0.2, 0.25) is 0 Å². The molecule has 0 aliphatic carbocycles. The number of benzene rings is 3. The maximum absolute atomic E-state index is 13.5. The molecule has 0 radical (unpaired) electrons. The fraction of sp³-hybridized carbons (Fsp3) is 0.136. The fourth-order valence-corrected chi connectivity index (χ4v) is 8.13. The van der Waals surface area contributed by atoms with E-state index < -0.39 is 7.26 Å². The van der Waals surface area contributed by atoms with Crippen LogP contribution in [0.1, 0.15) is 19.8 Å². The summed E-state index contributed by atoms with van der Waals surface area (Å²) in [6.45, 7) is 2.08. The zero-order valence-corrected chi connectivity index (χ0v) is 15.0. The quantitative estimate of drug-likeness (QED) is 0.622. The second-order valence-corrected chi connectivity index (χ2v) is 9.81. The first-order chi connectivity index (χ1) is 11.8. The molecule has 2 heteroatoms. The SMILES string of the molecule is CCCC(=O)[PH](c1ccccc1)(c1ccccc1)c1ccccc1. The van der Waals surface area contributed by atoms with Gasteiger partial charge in [0.15, 0.2) is 0 Å². The molecular weight excluding hydrogens is 311 g/mol. The van der Waals surface area contributed by atoms with Crippen molar-refractivity contribution >= 4 is 28.7 Å². The normalized spacial score (nSPS) is 11.9. The maximum atomic E-state index is 13.5. The molecule has 0 N–H and O–H groups in total. The average Bonchev–Trinajstić information content (AvgIpc) is 2.65. The van der Waals surface area contributed by atoms with E-state index in [2.05, 4.69) is 43.3 Å². The van der Waals surface area contributed by atoms with Gasteiger partial charge in [-0.05, 0) is 0 Å². The van der Waals surface area contributed by atoms with Crippen molar-refractivity contribution in [2.75, 3.05) is 0 Å². The van der Waals surface area contributed by atoms with E-state index in [0.29, 0.717) is 11.9 Å². The Kier molecular flexibility index (Phi) is 5.23. The molecule has 0 heterocycles. The molecule has 0 saturated heterocycles. The monoisotopic (exact) mass is 334 g/mol. The van der Waals surface area contributed by atoms with E-state index >= 15 is 0 Å². The number of hydrogen-bond acceptors (Lipinski definition) is 1. The van der Waals surface area contributed by atoms with Crippen LogP contribution in [0, 0.1) is 0 Å². The van der Waals surface area contributed by atoms with Crippen LogP contribution in [0.2, 0.25) is 0 Å². The van der Waals surface area contributed by atoms with Gasteiger partial charge in [0.1, 0.15) is 0 Å². The van der Waals surface area contributed by atoms with Crippen molar-refractivity contribution < 1.29 is 4.79 Å². The van der Waals surface area contributed by atoms with Gasteiger partial charge in [-0.25, -0.2) is 0 Å². The molecule has 24 heavy (non-hydrogen) atoms. The topological polar surface area (TPSA) is 17.1 Å². The van der Waals surface area contributed by atoms with Gasteiger partial charge in [-0.3, -0.25) is 0 Å². The second-order valence-electron chi connectivity index (χ2n) is 6.02. The third kappa shape index (κ3) is 2.92. The molecule has 0 aromatic heterocycles. The number of carbonyl (C=O) groups is 1. The number of carbonyl (C=O) groups excluding carboxylic acids is 1. The molecular formula is C22H23OP. The van der Waals surface area contributed by atoms with E-state index in [0.717, 1.165) is 6.42 Å². The van der Waals surface area contributed by atoms with E-state index in [1.165, 1.54) is 15.9 Å². The minimum atomic E-state index is -2.69. The van der Waals surface area contributed by atoms with Gasteiger partial charge in [-0.1, -0.05) is 0 Å². The molecule has 3 aromatic carbocycles. The summed E-state index contributed by atoms with van der Waals surface area (Å²) < 4.78 is 0. The summed E-state index contributed by atoms with van der Waals surface area (Å²) in [5.74, 6) is 0. The van der Waals surface area contributed by atoms with Gasteiger partial charge in [0.25, 0.3) is 0 Å². The van der Waals surface area contributed by atoms with Crippen LogP contribution in [0.4, 0.5) is 0 Å². The zero-order valence-electron chi connectivity index (χ0n) is 14.0. The Hall–Kier alpha value is -2.24. The van der Waals surface area contributed by atoms with Crippen LogP contribution in [-0.4, -0.2) is 5.52 Å². The molecule has 0 saturated carbocycles. The number of hydrogen-bond donors (Lipinski definition) is 0. The third-order valence-corrected chi connectivity index (χ3v) is 9.20. The van der Waals surface area contributed by atoms with E-state index in [9.17, 15) is 4.79 Å². The Bertz CT molecular complexity index is 685. The molecule has 1 nitrogen and oxygen atoms in total. The van der Waals surface area contributed by atoms with Crippen LogP contribution in [0.15, 0.2) is 91.0 Å². The van der Waals surface area contributed by atoms with Gasteiger partial charge in [0, 0.05) is 0 Å². The van der Waals surface area contributed by atoms with Gasteiger partial charge < -0.3 is 0 Å². The summed E-state index contributed by atoms with van der Waals surface area (Å²) in [6.07, 6.45) is 1.49. The first kappa shape index (κ1) is 16.6. The Labute approximate surface area is 144 Å². The molecule has 0 aliphatic heterocycles. The van der Waals surface area contributed by atoms with Crippen LogP contribution < -0.4 is 15.9 Å². The Morgan fingerprint density at radius 1 is 0.667 bits per heavy atom. The van der Waals surface area contributed by atoms with E-state index in [4.69, 9.17) is 0 Å².